The Balaban J connectivity index is 0.000000188. The van der Waals surface area contributed by atoms with Gasteiger partial charge in [0.15, 0.2) is 0 Å². The standard InChI is InChI=1S/C10H12N2O2.C7H8O/c13-10(14)9-4-3-8(7-11-9)12-5-1-2-6-12;8-6-7-4-2-1-3-5-7/h3-4,7H,1-2,5-6H2,(H,13,14);1-5,8H,6H2. The second kappa shape index (κ2) is 8.14. The maximum absolute atomic E-state index is 10.6. The summed E-state index contributed by atoms with van der Waals surface area (Å²) < 4.78 is 0. The fraction of sp³-hybridized carbons (Fsp3) is 0.294. The van der Waals surface area contributed by atoms with Crippen molar-refractivity contribution in [3.8, 4) is 0 Å². The highest BCUT2D eigenvalue weighted by molar-refractivity contribution is 5.85. The number of carboxylic acids is 1. The Morgan fingerprint density at radius 3 is 2.23 bits per heavy atom. The Bertz CT molecular complexity index is 579. The first-order chi connectivity index (χ1) is 10.7. The first-order valence-electron chi connectivity index (χ1n) is 7.30. The van der Waals surface area contributed by atoms with Crippen LogP contribution in [0, 0.1) is 0 Å². The van der Waals surface area contributed by atoms with Crippen molar-refractivity contribution in [2.75, 3.05) is 18.0 Å². The molecule has 1 saturated heterocycles. The van der Waals surface area contributed by atoms with Gasteiger partial charge in [-0.1, -0.05) is 30.3 Å². The van der Waals surface area contributed by atoms with E-state index in [0.29, 0.717) is 0 Å². The van der Waals surface area contributed by atoms with Crippen LogP contribution in [0.5, 0.6) is 0 Å². The van der Waals surface area contributed by atoms with Gasteiger partial charge in [-0.2, -0.15) is 0 Å². The zero-order valence-electron chi connectivity index (χ0n) is 12.4. The lowest BCUT2D eigenvalue weighted by Crippen LogP contribution is -2.17. The molecule has 5 nitrogen and oxygen atoms in total. The molecule has 0 aliphatic carbocycles. The summed E-state index contributed by atoms with van der Waals surface area (Å²) >= 11 is 0. The van der Waals surface area contributed by atoms with Crippen LogP contribution in [0.2, 0.25) is 0 Å². The van der Waals surface area contributed by atoms with Gasteiger partial charge in [0.1, 0.15) is 5.69 Å². The molecule has 0 saturated carbocycles. The van der Waals surface area contributed by atoms with Crippen LogP contribution in [0.25, 0.3) is 0 Å². The van der Waals surface area contributed by atoms with E-state index in [-0.39, 0.29) is 12.3 Å². The van der Waals surface area contributed by atoms with Gasteiger partial charge in [0.2, 0.25) is 0 Å². The van der Waals surface area contributed by atoms with Crippen LogP contribution in [0.4, 0.5) is 5.69 Å². The van der Waals surface area contributed by atoms with Crippen molar-refractivity contribution in [2.45, 2.75) is 19.4 Å². The quantitative estimate of drug-likeness (QED) is 0.911. The average molecular weight is 300 g/mol. The zero-order chi connectivity index (χ0) is 15.8. The van der Waals surface area contributed by atoms with Gasteiger partial charge < -0.3 is 15.1 Å². The van der Waals surface area contributed by atoms with E-state index in [1.807, 2.05) is 36.4 Å². The van der Waals surface area contributed by atoms with E-state index >= 15 is 0 Å². The third-order valence-electron chi connectivity index (χ3n) is 3.46. The molecular formula is C17H20N2O3. The predicted octanol–water partition coefficient (Wildman–Crippen LogP) is 2.56. The molecule has 1 fully saturated rings. The molecule has 0 bridgehead atoms. The smallest absolute Gasteiger partial charge is 0.354 e. The van der Waals surface area contributed by atoms with E-state index in [1.54, 1.807) is 12.3 Å². The summed E-state index contributed by atoms with van der Waals surface area (Å²) in [6.45, 7) is 2.24. The van der Waals surface area contributed by atoms with Gasteiger partial charge >= 0.3 is 5.97 Å². The van der Waals surface area contributed by atoms with E-state index < -0.39 is 5.97 Å². The zero-order valence-corrected chi connectivity index (χ0v) is 12.4. The van der Waals surface area contributed by atoms with Gasteiger partial charge in [0.25, 0.3) is 0 Å². The third-order valence-corrected chi connectivity index (χ3v) is 3.46. The number of carbonyl (C=O) groups is 1. The molecule has 22 heavy (non-hydrogen) atoms. The Kier molecular flexibility index (Phi) is 5.91. The van der Waals surface area contributed by atoms with Gasteiger partial charge in [-0.15, -0.1) is 0 Å². The van der Waals surface area contributed by atoms with E-state index in [1.165, 1.54) is 12.8 Å². The molecule has 1 aliphatic rings. The van der Waals surface area contributed by atoms with Crippen molar-refractivity contribution < 1.29 is 15.0 Å². The number of nitrogens with zero attached hydrogens (tertiary/aromatic N) is 2. The fourth-order valence-corrected chi connectivity index (χ4v) is 2.26. The highest BCUT2D eigenvalue weighted by Crippen LogP contribution is 2.18. The first kappa shape index (κ1) is 16.0. The second-order valence-electron chi connectivity index (χ2n) is 5.04. The number of carboxylic acid groups (broad SMARTS) is 1. The molecule has 0 spiro atoms. The van der Waals surface area contributed by atoms with Gasteiger partial charge in [0, 0.05) is 13.1 Å². The molecule has 0 atom stereocenters. The van der Waals surface area contributed by atoms with Crippen LogP contribution >= 0.6 is 0 Å². The lowest BCUT2D eigenvalue weighted by Gasteiger charge is -2.16. The first-order valence-corrected chi connectivity index (χ1v) is 7.30. The van der Waals surface area contributed by atoms with Crippen LogP contribution in [0.1, 0.15) is 28.9 Å². The lowest BCUT2D eigenvalue weighted by molar-refractivity contribution is 0.0690. The van der Waals surface area contributed by atoms with Crippen molar-refractivity contribution >= 4 is 11.7 Å². The van der Waals surface area contributed by atoms with Gasteiger partial charge in [-0.05, 0) is 30.5 Å². The number of anilines is 1. The Hall–Kier alpha value is -2.40. The summed E-state index contributed by atoms with van der Waals surface area (Å²) in [7, 11) is 0. The topological polar surface area (TPSA) is 73.7 Å². The maximum Gasteiger partial charge on any atom is 0.354 e. The Morgan fingerprint density at radius 1 is 1.09 bits per heavy atom. The molecule has 1 aromatic carbocycles. The average Bonchev–Trinajstić information content (AvgIpc) is 3.11. The number of hydrogen-bond donors (Lipinski definition) is 2. The summed E-state index contributed by atoms with van der Waals surface area (Å²) in [4.78, 5) is 16.7. The second-order valence-corrected chi connectivity index (χ2v) is 5.04. The molecule has 0 radical (unpaired) electrons. The van der Waals surface area contributed by atoms with Crippen LogP contribution in [-0.2, 0) is 6.61 Å². The van der Waals surface area contributed by atoms with Gasteiger partial charge in [0.05, 0.1) is 18.5 Å². The van der Waals surface area contributed by atoms with Crippen LogP contribution in [-0.4, -0.2) is 34.3 Å². The molecule has 0 amide bonds. The lowest BCUT2D eigenvalue weighted by atomic mass is 10.2. The van der Waals surface area contributed by atoms with E-state index in [9.17, 15) is 4.79 Å². The van der Waals surface area contributed by atoms with Crippen LogP contribution in [0.15, 0.2) is 48.7 Å². The van der Waals surface area contributed by atoms with Gasteiger partial charge in [-0.25, -0.2) is 9.78 Å². The summed E-state index contributed by atoms with van der Waals surface area (Å²) in [5.41, 5.74) is 2.09. The number of aliphatic hydroxyl groups excluding tert-OH is 1. The minimum atomic E-state index is -0.974. The van der Waals surface area contributed by atoms with Crippen LogP contribution < -0.4 is 4.90 Å². The monoisotopic (exact) mass is 300 g/mol. The number of aromatic carboxylic acids is 1. The largest absolute Gasteiger partial charge is 0.477 e. The third kappa shape index (κ3) is 4.56. The van der Waals surface area contributed by atoms with Crippen molar-refractivity contribution in [1.29, 1.82) is 0 Å². The number of rotatable bonds is 3. The minimum absolute atomic E-state index is 0.105. The van der Waals surface area contributed by atoms with Crippen molar-refractivity contribution in [3.05, 3.63) is 59.9 Å². The van der Waals surface area contributed by atoms with Crippen molar-refractivity contribution in [3.63, 3.8) is 0 Å². The van der Waals surface area contributed by atoms with E-state index in [0.717, 1.165) is 24.3 Å². The molecule has 5 heteroatoms. The summed E-state index contributed by atoms with van der Waals surface area (Å²) in [5, 5.41) is 17.2. The van der Waals surface area contributed by atoms with Crippen molar-refractivity contribution in [1.82, 2.24) is 4.98 Å². The van der Waals surface area contributed by atoms with Gasteiger partial charge in [-0.3, -0.25) is 0 Å². The fourth-order valence-electron chi connectivity index (χ4n) is 2.26. The Morgan fingerprint density at radius 2 is 1.77 bits per heavy atom. The van der Waals surface area contributed by atoms with Crippen LogP contribution in [0.3, 0.4) is 0 Å². The van der Waals surface area contributed by atoms with Crippen molar-refractivity contribution in [2.24, 2.45) is 0 Å². The number of pyridine rings is 1. The molecular weight excluding hydrogens is 280 g/mol. The number of aromatic nitrogens is 1. The maximum atomic E-state index is 10.6. The molecule has 2 heterocycles. The summed E-state index contributed by atoms with van der Waals surface area (Å²) in [5.74, 6) is -0.974. The molecule has 2 aromatic rings. The molecule has 1 aliphatic heterocycles. The molecule has 2 N–H and O–H groups in total. The molecule has 1 aromatic heterocycles. The summed E-state index contributed by atoms with van der Waals surface area (Å²) in [6, 6.07) is 12.9. The highest BCUT2D eigenvalue weighted by atomic mass is 16.4. The normalized spacial score (nSPS) is 13.4. The molecule has 3 rings (SSSR count). The SMILES string of the molecule is O=C(O)c1ccc(N2CCCC2)cn1.OCc1ccccc1. The highest BCUT2D eigenvalue weighted by Gasteiger charge is 2.13. The van der Waals surface area contributed by atoms with E-state index in [4.69, 9.17) is 10.2 Å². The minimum Gasteiger partial charge on any atom is -0.477 e. The number of aliphatic hydroxyl groups is 1. The predicted molar refractivity (Wildman–Crippen MR) is 85.0 cm³/mol. The molecule has 0 unspecified atom stereocenters. The summed E-state index contributed by atoms with van der Waals surface area (Å²) in [6.07, 6.45) is 4.05. The number of hydrogen-bond acceptors (Lipinski definition) is 4. The molecule has 116 valence electrons. The Labute approximate surface area is 129 Å². The number of benzene rings is 1. The van der Waals surface area contributed by atoms with E-state index in [2.05, 4.69) is 9.88 Å².